The molecule has 0 bridgehead atoms. The van der Waals surface area contributed by atoms with Crippen LogP contribution >= 0.6 is 0 Å². The SMILES string of the molecule is C.C.C.COc1cn2c3ccccc3c3cccc4[cH-]cc[cH-][n+]1c2c43.[Ir]. The topological polar surface area (TPSA) is 17.7 Å². The first kappa shape index (κ1) is 22.6. The van der Waals surface area contributed by atoms with Crippen molar-refractivity contribution in [3.05, 3.63) is 73.1 Å². The maximum absolute atomic E-state index is 5.61. The van der Waals surface area contributed by atoms with E-state index in [0.29, 0.717) is 0 Å². The number of fused-ring (bicyclic) bond motifs is 3. The van der Waals surface area contributed by atoms with Crippen molar-refractivity contribution in [2.75, 3.05) is 7.11 Å². The van der Waals surface area contributed by atoms with Gasteiger partial charge in [-0.25, -0.2) is 10.5 Å². The Hall–Kier alpha value is -2.42. The summed E-state index contributed by atoms with van der Waals surface area (Å²) >= 11 is 0. The normalized spacial score (nSPS) is 9.96. The molecule has 0 saturated carbocycles. The summed E-state index contributed by atoms with van der Waals surface area (Å²) in [5.74, 6) is 0.823. The quantitative estimate of drug-likeness (QED) is 0.147. The first-order valence-electron chi connectivity index (χ1n) is 7.67. The fraction of sp³-hybridized carbons (Fsp3) is 0.174. The largest absolute Gasteiger partial charge is 0.506 e. The van der Waals surface area contributed by atoms with E-state index in [1.165, 1.54) is 27.1 Å². The molecule has 0 aliphatic rings. The second-order valence-electron chi connectivity index (χ2n) is 5.72. The molecule has 0 unspecified atom stereocenters. The van der Waals surface area contributed by atoms with Crippen molar-refractivity contribution < 1.29 is 29.2 Å². The van der Waals surface area contributed by atoms with Gasteiger partial charge in [0.15, 0.2) is 5.65 Å². The summed E-state index contributed by atoms with van der Waals surface area (Å²) < 4.78 is 9.95. The molecule has 0 amide bonds. The van der Waals surface area contributed by atoms with E-state index in [2.05, 4.69) is 75.8 Å². The second-order valence-corrected chi connectivity index (χ2v) is 5.72. The Balaban J connectivity index is 0.000000911. The van der Waals surface area contributed by atoms with E-state index in [-0.39, 0.29) is 42.4 Å². The van der Waals surface area contributed by atoms with Crippen LogP contribution in [-0.4, -0.2) is 11.5 Å². The zero-order valence-corrected chi connectivity index (χ0v) is 15.5. The first-order valence-corrected chi connectivity index (χ1v) is 7.67. The maximum Gasteiger partial charge on any atom is 0.244 e. The summed E-state index contributed by atoms with van der Waals surface area (Å²) in [6.07, 6.45) is 4.11. The van der Waals surface area contributed by atoms with Crippen molar-refractivity contribution in [1.82, 2.24) is 4.40 Å². The van der Waals surface area contributed by atoms with Crippen LogP contribution in [0, 0.1) is 0 Å². The molecule has 3 heterocycles. The summed E-state index contributed by atoms with van der Waals surface area (Å²) in [5.41, 5.74) is 2.31. The molecule has 0 fully saturated rings. The van der Waals surface area contributed by atoms with Crippen molar-refractivity contribution in [2.24, 2.45) is 0 Å². The Morgan fingerprint density at radius 1 is 0.926 bits per heavy atom. The molecule has 5 aromatic rings. The van der Waals surface area contributed by atoms with E-state index in [1.807, 2.05) is 6.07 Å². The summed E-state index contributed by atoms with van der Waals surface area (Å²) in [4.78, 5) is 0. The number of hydrogen-bond acceptors (Lipinski definition) is 1. The summed E-state index contributed by atoms with van der Waals surface area (Å²) in [6.45, 7) is 0. The number of rotatable bonds is 1. The van der Waals surface area contributed by atoms with Crippen LogP contribution in [0.4, 0.5) is 0 Å². The average Bonchev–Trinajstić information content (AvgIpc) is 2.95. The molecule has 2 aromatic carbocycles. The van der Waals surface area contributed by atoms with E-state index in [0.717, 1.165) is 11.5 Å². The van der Waals surface area contributed by atoms with Crippen LogP contribution < -0.4 is 9.14 Å². The molecule has 0 spiro atoms. The number of hydrogen-bond donors (Lipinski definition) is 0. The fourth-order valence-corrected chi connectivity index (χ4v) is 3.56. The second kappa shape index (κ2) is 8.51. The minimum atomic E-state index is 0. The minimum Gasteiger partial charge on any atom is -0.506 e. The Kier molecular flexibility index (Phi) is 7.13. The van der Waals surface area contributed by atoms with Gasteiger partial charge in [-0.3, -0.25) is 0 Å². The molecule has 0 saturated heterocycles. The van der Waals surface area contributed by atoms with Gasteiger partial charge in [-0.2, -0.15) is 17.5 Å². The number of methoxy groups -OCH3 is 1. The predicted octanol–water partition coefficient (Wildman–Crippen LogP) is 5.90. The van der Waals surface area contributed by atoms with Crippen LogP contribution in [-0.2, 0) is 20.1 Å². The number of ether oxygens (including phenoxy) is 1. The van der Waals surface area contributed by atoms with Gasteiger partial charge >= 0.3 is 0 Å². The van der Waals surface area contributed by atoms with Gasteiger partial charge in [0.2, 0.25) is 5.88 Å². The zero-order valence-electron chi connectivity index (χ0n) is 13.1. The molecule has 4 heteroatoms. The van der Waals surface area contributed by atoms with E-state index in [4.69, 9.17) is 4.74 Å². The van der Waals surface area contributed by atoms with Crippen LogP contribution in [0.15, 0.2) is 73.1 Å². The summed E-state index contributed by atoms with van der Waals surface area (Å²) in [5, 5.41) is 4.98. The Bertz CT molecular complexity index is 1210. The van der Waals surface area contributed by atoms with Gasteiger partial charge in [0.1, 0.15) is 11.7 Å². The molecule has 0 atom stereocenters. The monoisotopic (exact) mass is 540 g/mol. The van der Waals surface area contributed by atoms with Gasteiger partial charge < -0.3 is 9.14 Å². The van der Waals surface area contributed by atoms with E-state index >= 15 is 0 Å². The third-order valence-electron chi connectivity index (χ3n) is 4.54. The molecule has 27 heavy (non-hydrogen) atoms. The fourth-order valence-electron chi connectivity index (χ4n) is 3.56. The Morgan fingerprint density at radius 2 is 1.67 bits per heavy atom. The zero-order chi connectivity index (χ0) is 15.4. The van der Waals surface area contributed by atoms with Gasteiger partial charge in [-0.1, -0.05) is 51.9 Å². The summed E-state index contributed by atoms with van der Waals surface area (Å²) in [7, 11) is 1.71. The molecular weight excluding hydrogens is 512 g/mol. The number of aromatic nitrogens is 2. The molecule has 0 aliphatic carbocycles. The van der Waals surface area contributed by atoms with Crippen molar-refractivity contribution in [3.8, 4) is 5.88 Å². The molecule has 5 rings (SSSR count). The van der Waals surface area contributed by atoms with E-state index in [9.17, 15) is 0 Å². The van der Waals surface area contributed by atoms with Gasteiger partial charge in [-0.05, 0) is 17.6 Å². The van der Waals surface area contributed by atoms with E-state index in [1.54, 1.807) is 7.11 Å². The number of benzene rings is 2. The maximum atomic E-state index is 5.61. The third kappa shape index (κ3) is 3.09. The number of nitrogens with zero attached hydrogens (tertiary/aromatic N) is 2. The Morgan fingerprint density at radius 3 is 2.44 bits per heavy atom. The van der Waals surface area contributed by atoms with Crippen molar-refractivity contribution in [2.45, 2.75) is 22.3 Å². The van der Waals surface area contributed by atoms with E-state index < -0.39 is 0 Å². The van der Waals surface area contributed by atoms with Crippen LogP contribution in [0.3, 0.4) is 0 Å². The van der Waals surface area contributed by atoms with Crippen molar-refractivity contribution in [3.63, 3.8) is 0 Å². The molecule has 3 nitrogen and oxygen atoms in total. The molecule has 1 radical (unpaired) electrons. The standard InChI is InChI=1S/C20H15N2O.3CH4.Ir/c1-23-18-13-22-17-11-3-2-9-15(17)16-10-6-8-14-7-4-5-12-21(18)20(22)19(14)16;;;;/h2-13H,1H3;3*1H4;/q-1;;;;. The molecule has 3 aromatic heterocycles. The van der Waals surface area contributed by atoms with Crippen molar-refractivity contribution >= 4 is 32.7 Å². The Labute approximate surface area is 174 Å². The minimum absolute atomic E-state index is 0. The predicted molar refractivity (Wildman–Crippen MR) is 112 cm³/mol. The number of imidazole rings is 1. The van der Waals surface area contributed by atoms with Crippen molar-refractivity contribution in [1.29, 1.82) is 0 Å². The van der Waals surface area contributed by atoms with Gasteiger partial charge in [-0.15, -0.1) is 12.1 Å². The summed E-state index contributed by atoms with van der Waals surface area (Å²) in [6, 6.07) is 21.3. The molecule has 145 valence electrons. The van der Waals surface area contributed by atoms with Gasteiger partial charge in [0.25, 0.3) is 0 Å². The van der Waals surface area contributed by atoms with Crippen LogP contribution in [0.1, 0.15) is 22.3 Å². The van der Waals surface area contributed by atoms with Crippen LogP contribution in [0.5, 0.6) is 5.88 Å². The van der Waals surface area contributed by atoms with Crippen LogP contribution in [0.25, 0.3) is 32.7 Å². The first-order chi connectivity index (χ1) is 11.4. The smallest absolute Gasteiger partial charge is 0.244 e. The van der Waals surface area contributed by atoms with Gasteiger partial charge in [0.05, 0.1) is 7.11 Å². The number of pyridine rings is 1. The average molecular weight is 540 g/mol. The van der Waals surface area contributed by atoms with Gasteiger partial charge in [0, 0.05) is 25.5 Å². The molecular formula is C23H27IrN2O-. The number of para-hydroxylation sites is 1. The molecule has 0 N–H and O–H groups in total. The third-order valence-corrected chi connectivity index (χ3v) is 4.54. The van der Waals surface area contributed by atoms with Crippen LogP contribution in [0.2, 0.25) is 0 Å². The molecule has 0 aliphatic heterocycles.